The fourth-order valence-electron chi connectivity index (χ4n) is 2.88. The first-order valence-electron chi connectivity index (χ1n) is 7.84. The molecule has 3 rings (SSSR count). The van der Waals surface area contributed by atoms with Gasteiger partial charge in [-0.3, -0.25) is 4.79 Å². The first-order chi connectivity index (χ1) is 11.0. The predicted molar refractivity (Wildman–Crippen MR) is 87.6 cm³/mol. The Morgan fingerprint density at radius 2 is 2.17 bits per heavy atom. The van der Waals surface area contributed by atoms with Gasteiger partial charge in [0.1, 0.15) is 5.82 Å². The van der Waals surface area contributed by atoms with Crippen LogP contribution in [0.2, 0.25) is 0 Å². The second-order valence-electron chi connectivity index (χ2n) is 6.06. The number of amides is 1. The highest BCUT2D eigenvalue weighted by Gasteiger charge is 2.28. The molecule has 1 saturated heterocycles. The van der Waals surface area contributed by atoms with E-state index in [2.05, 4.69) is 15.6 Å². The number of carbonyl (C=O) groups excluding carboxylic acids is 1. The number of benzene rings is 1. The summed E-state index contributed by atoms with van der Waals surface area (Å²) in [7, 11) is 1.96. The lowest BCUT2D eigenvalue weighted by molar-refractivity contribution is -0.123. The lowest BCUT2D eigenvalue weighted by Crippen LogP contribution is -2.41. The monoisotopic (exact) mass is 314 g/mol. The number of nitrogens with one attached hydrogen (secondary N) is 2. The Hall–Kier alpha value is -2.18. The number of β-amino-alcohol motifs (C(OH)–C–C–N with tert-alkyl or cyclic N) is 1. The van der Waals surface area contributed by atoms with Crippen molar-refractivity contribution in [3.05, 3.63) is 42.2 Å². The summed E-state index contributed by atoms with van der Waals surface area (Å²) in [5.41, 5.74) is 2.08. The van der Waals surface area contributed by atoms with Gasteiger partial charge in [-0.15, -0.1) is 0 Å². The Balaban J connectivity index is 1.65. The van der Waals surface area contributed by atoms with E-state index in [1.54, 1.807) is 6.20 Å². The Morgan fingerprint density at radius 3 is 2.74 bits per heavy atom. The van der Waals surface area contributed by atoms with E-state index in [1.165, 1.54) is 0 Å². The molecule has 3 atom stereocenters. The van der Waals surface area contributed by atoms with Crippen LogP contribution in [-0.4, -0.2) is 39.3 Å². The van der Waals surface area contributed by atoms with Gasteiger partial charge in [-0.1, -0.05) is 24.3 Å². The van der Waals surface area contributed by atoms with E-state index < -0.39 is 6.10 Å². The van der Waals surface area contributed by atoms with Crippen LogP contribution in [0.15, 0.2) is 36.7 Å². The number of aliphatic hydroxyl groups excluding tert-OH is 1. The number of imidazole rings is 1. The van der Waals surface area contributed by atoms with Crippen molar-refractivity contribution in [1.82, 2.24) is 20.2 Å². The van der Waals surface area contributed by atoms with E-state index in [9.17, 15) is 9.90 Å². The van der Waals surface area contributed by atoms with E-state index >= 15 is 0 Å². The molecule has 1 fully saturated rings. The summed E-state index contributed by atoms with van der Waals surface area (Å²) in [6, 6.07) is 7.64. The van der Waals surface area contributed by atoms with Crippen molar-refractivity contribution in [2.75, 3.05) is 6.54 Å². The van der Waals surface area contributed by atoms with Crippen LogP contribution in [0.5, 0.6) is 0 Å². The maximum atomic E-state index is 12.2. The smallest absolute Gasteiger partial charge is 0.237 e. The highest BCUT2D eigenvalue weighted by Crippen LogP contribution is 2.20. The molecule has 3 N–H and O–H groups in total. The lowest BCUT2D eigenvalue weighted by Gasteiger charge is -2.18. The lowest BCUT2D eigenvalue weighted by atomic mass is 10.0. The van der Waals surface area contributed by atoms with Crippen LogP contribution >= 0.6 is 0 Å². The minimum Gasteiger partial charge on any atom is -0.392 e. The number of rotatable bonds is 4. The number of hydrogen-bond donors (Lipinski definition) is 3. The molecule has 6 heteroatoms. The molecule has 1 aromatic heterocycles. The van der Waals surface area contributed by atoms with Crippen LogP contribution in [-0.2, 0) is 11.8 Å². The van der Waals surface area contributed by atoms with Gasteiger partial charge in [-0.25, -0.2) is 4.98 Å². The standard InChI is InChI=1S/C17H22N4O2/c1-11(20-17(23)15-9-14(22)10-19-15)12-3-5-13(6-4-12)16-18-7-8-21(16)2/h3-8,11,14-15,19,22H,9-10H2,1-2H3,(H,20,23)/t11-,14+,15-/m0/s1. The van der Waals surface area contributed by atoms with E-state index in [-0.39, 0.29) is 18.0 Å². The summed E-state index contributed by atoms with van der Waals surface area (Å²) in [5.74, 6) is 0.847. The molecule has 0 aliphatic carbocycles. The molecule has 23 heavy (non-hydrogen) atoms. The quantitative estimate of drug-likeness (QED) is 0.786. The first-order valence-corrected chi connectivity index (χ1v) is 7.84. The normalized spacial score (nSPS) is 22.0. The van der Waals surface area contributed by atoms with Gasteiger partial charge in [0, 0.05) is 31.5 Å². The van der Waals surface area contributed by atoms with Gasteiger partial charge in [0.05, 0.1) is 18.2 Å². The van der Waals surface area contributed by atoms with Crippen molar-refractivity contribution >= 4 is 5.91 Å². The highest BCUT2D eigenvalue weighted by molar-refractivity contribution is 5.82. The molecule has 0 radical (unpaired) electrons. The van der Waals surface area contributed by atoms with Gasteiger partial charge in [0.25, 0.3) is 0 Å². The van der Waals surface area contributed by atoms with Crippen molar-refractivity contribution < 1.29 is 9.90 Å². The van der Waals surface area contributed by atoms with Gasteiger partial charge in [0.15, 0.2) is 0 Å². The molecular formula is C17H22N4O2. The third-order valence-electron chi connectivity index (χ3n) is 4.27. The molecule has 122 valence electrons. The maximum absolute atomic E-state index is 12.2. The van der Waals surface area contributed by atoms with Crippen LogP contribution < -0.4 is 10.6 Å². The van der Waals surface area contributed by atoms with Gasteiger partial charge in [0.2, 0.25) is 5.91 Å². The average Bonchev–Trinajstić information content (AvgIpc) is 3.16. The Morgan fingerprint density at radius 1 is 1.43 bits per heavy atom. The third-order valence-corrected chi connectivity index (χ3v) is 4.27. The largest absolute Gasteiger partial charge is 0.392 e. The summed E-state index contributed by atoms with van der Waals surface area (Å²) >= 11 is 0. The van der Waals surface area contributed by atoms with Crippen molar-refractivity contribution in [3.8, 4) is 11.4 Å². The summed E-state index contributed by atoms with van der Waals surface area (Å²) in [6.07, 6.45) is 3.72. The average molecular weight is 314 g/mol. The minimum absolute atomic E-state index is 0.0674. The molecule has 2 aromatic rings. The second-order valence-corrected chi connectivity index (χ2v) is 6.06. The summed E-state index contributed by atoms with van der Waals surface area (Å²) in [5, 5.41) is 15.5. The molecular weight excluding hydrogens is 292 g/mol. The molecule has 1 aromatic carbocycles. The van der Waals surface area contributed by atoms with Gasteiger partial charge in [-0.05, 0) is 18.9 Å². The molecule has 2 heterocycles. The number of aliphatic hydroxyl groups is 1. The molecule has 0 unspecified atom stereocenters. The molecule has 0 saturated carbocycles. The second kappa shape index (κ2) is 6.52. The van der Waals surface area contributed by atoms with E-state index in [0.717, 1.165) is 17.0 Å². The number of aryl methyl sites for hydroxylation is 1. The zero-order valence-corrected chi connectivity index (χ0v) is 13.4. The number of hydrogen-bond acceptors (Lipinski definition) is 4. The topological polar surface area (TPSA) is 79.2 Å². The summed E-state index contributed by atoms with van der Waals surface area (Å²) in [6.45, 7) is 2.43. The van der Waals surface area contributed by atoms with Crippen molar-refractivity contribution in [1.29, 1.82) is 0 Å². The molecule has 1 aliphatic rings. The Kier molecular flexibility index (Phi) is 4.45. The van der Waals surface area contributed by atoms with Crippen LogP contribution in [0, 0.1) is 0 Å². The molecule has 0 spiro atoms. The molecule has 1 amide bonds. The Bertz CT molecular complexity index is 680. The summed E-state index contributed by atoms with van der Waals surface area (Å²) < 4.78 is 1.97. The van der Waals surface area contributed by atoms with Gasteiger partial charge < -0.3 is 20.3 Å². The molecule has 0 bridgehead atoms. The minimum atomic E-state index is -0.432. The van der Waals surface area contributed by atoms with Gasteiger partial charge in [-0.2, -0.15) is 0 Å². The van der Waals surface area contributed by atoms with E-state index in [4.69, 9.17) is 0 Å². The van der Waals surface area contributed by atoms with E-state index in [0.29, 0.717) is 13.0 Å². The third kappa shape index (κ3) is 3.43. The number of aromatic nitrogens is 2. The zero-order valence-electron chi connectivity index (χ0n) is 13.4. The highest BCUT2D eigenvalue weighted by atomic mass is 16.3. The van der Waals surface area contributed by atoms with Gasteiger partial charge >= 0.3 is 0 Å². The van der Waals surface area contributed by atoms with Crippen LogP contribution in [0.3, 0.4) is 0 Å². The molecule has 1 aliphatic heterocycles. The van der Waals surface area contributed by atoms with Crippen LogP contribution in [0.4, 0.5) is 0 Å². The van der Waals surface area contributed by atoms with Crippen molar-refractivity contribution in [2.24, 2.45) is 7.05 Å². The van der Waals surface area contributed by atoms with Crippen molar-refractivity contribution in [2.45, 2.75) is 31.5 Å². The van der Waals surface area contributed by atoms with E-state index in [1.807, 2.05) is 49.0 Å². The summed E-state index contributed by atoms with van der Waals surface area (Å²) in [4.78, 5) is 16.5. The SMILES string of the molecule is C[C@H](NC(=O)[C@@H]1C[C@@H](O)CN1)c1ccc(-c2nccn2C)cc1. The van der Waals surface area contributed by atoms with Crippen molar-refractivity contribution in [3.63, 3.8) is 0 Å². The fourth-order valence-corrected chi connectivity index (χ4v) is 2.88. The number of nitrogens with zero attached hydrogens (tertiary/aromatic N) is 2. The zero-order chi connectivity index (χ0) is 16.4. The van der Waals surface area contributed by atoms with Crippen LogP contribution in [0.1, 0.15) is 24.9 Å². The first kappa shape index (κ1) is 15.7. The fraction of sp³-hybridized carbons (Fsp3) is 0.412. The predicted octanol–water partition coefficient (Wildman–Crippen LogP) is 0.987. The molecule has 6 nitrogen and oxygen atoms in total. The maximum Gasteiger partial charge on any atom is 0.237 e. The number of carbonyl (C=O) groups is 1. The Labute approximate surface area is 135 Å². The van der Waals surface area contributed by atoms with Crippen LogP contribution in [0.25, 0.3) is 11.4 Å².